The fraction of sp³-hybridized carbons (Fsp3) is 0.150. The molecule has 1 atom stereocenters. The number of carboxylic acid groups (broad SMARTS) is 1. The van der Waals surface area contributed by atoms with Crippen LogP contribution in [0.3, 0.4) is 0 Å². The van der Waals surface area contributed by atoms with Gasteiger partial charge in [-0.05, 0) is 30.5 Å². The van der Waals surface area contributed by atoms with Crippen LogP contribution in [0.15, 0.2) is 60.3 Å². The fourth-order valence-corrected chi connectivity index (χ4v) is 2.83. The van der Waals surface area contributed by atoms with Crippen molar-refractivity contribution >= 4 is 35.6 Å². The van der Waals surface area contributed by atoms with E-state index in [1.165, 1.54) is 36.0 Å². The van der Waals surface area contributed by atoms with Crippen molar-refractivity contribution in [3.05, 3.63) is 77.2 Å². The molecule has 6 nitrogen and oxygen atoms in total. The van der Waals surface area contributed by atoms with Crippen molar-refractivity contribution in [2.24, 2.45) is 0 Å². The van der Waals surface area contributed by atoms with E-state index in [4.69, 9.17) is 0 Å². The van der Waals surface area contributed by atoms with Crippen molar-refractivity contribution in [1.82, 2.24) is 10.6 Å². The fourth-order valence-electron chi connectivity index (χ4n) is 2.27. The lowest BCUT2D eigenvalue weighted by atomic mass is 10.1. The van der Waals surface area contributed by atoms with Gasteiger partial charge in [-0.2, -0.15) is 11.8 Å². The molecule has 2 aromatic rings. The molecule has 0 bridgehead atoms. The second-order valence-corrected chi connectivity index (χ2v) is 6.63. The van der Waals surface area contributed by atoms with Gasteiger partial charge in [-0.1, -0.05) is 36.4 Å². The van der Waals surface area contributed by atoms with Crippen molar-refractivity contribution in [2.45, 2.75) is 6.04 Å². The van der Waals surface area contributed by atoms with Crippen LogP contribution >= 0.6 is 11.8 Å². The number of carboxylic acids is 1. The van der Waals surface area contributed by atoms with Gasteiger partial charge in [0.2, 0.25) is 0 Å². The third-order valence-electron chi connectivity index (χ3n) is 3.67. The second kappa shape index (κ2) is 10.3. The molecule has 1 unspecified atom stereocenters. The van der Waals surface area contributed by atoms with E-state index in [0.717, 1.165) is 0 Å². The Morgan fingerprint density at radius 3 is 2.36 bits per heavy atom. The molecule has 0 radical (unpaired) electrons. The smallest absolute Gasteiger partial charge is 0.327 e. The third-order valence-corrected chi connectivity index (χ3v) is 4.34. The number of halogens is 1. The van der Waals surface area contributed by atoms with Crippen LogP contribution in [0.5, 0.6) is 0 Å². The summed E-state index contributed by atoms with van der Waals surface area (Å²) in [6.45, 7) is 0. The minimum absolute atomic E-state index is 0.0813. The normalized spacial score (nSPS) is 12.1. The molecular formula is C20H19FN2O4S. The van der Waals surface area contributed by atoms with Gasteiger partial charge in [-0.25, -0.2) is 9.18 Å². The Hall–Kier alpha value is -3.13. The summed E-state index contributed by atoms with van der Waals surface area (Å²) < 4.78 is 14.0. The van der Waals surface area contributed by atoms with Crippen LogP contribution in [-0.4, -0.2) is 40.9 Å². The van der Waals surface area contributed by atoms with Crippen molar-refractivity contribution in [3.8, 4) is 0 Å². The average molecular weight is 402 g/mol. The Bertz CT molecular complexity index is 887. The summed E-state index contributed by atoms with van der Waals surface area (Å²) in [5, 5.41) is 14.0. The molecule has 0 aliphatic heterocycles. The van der Waals surface area contributed by atoms with E-state index in [1.807, 2.05) is 0 Å². The number of hydrogen-bond donors (Lipinski definition) is 3. The monoisotopic (exact) mass is 402 g/mol. The maximum atomic E-state index is 14.0. The van der Waals surface area contributed by atoms with Crippen LogP contribution in [0.1, 0.15) is 15.9 Å². The van der Waals surface area contributed by atoms with Crippen LogP contribution in [0.25, 0.3) is 6.08 Å². The highest BCUT2D eigenvalue weighted by Gasteiger charge is 2.23. The highest BCUT2D eigenvalue weighted by Crippen LogP contribution is 2.12. The molecule has 0 spiro atoms. The Kier molecular flexibility index (Phi) is 7.76. The number of carbonyl (C=O) groups excluding carboxylic acids is 2. The molecule has 0 fully saturated rings. The largest absolute Gasteiger partial charge is 0.480 e. The number of benzene rings is 2. The van der Waals surface area contributed by atoms with Crippen molar-refractivity contribution < 1.29 is 23.9 Å². The topological polar surface area (TPSA) is 95.5 Å². The first-order chi connectivity index (χ1) is 13.4. The van der Waals surface area contributed by atoms with E-state index in [9.17, 15) is 23.9 Å². The predicted molar refractivity (Wildman–Crippen MR) is 106 cm³/mol. The molecule has 0 aliphatic rings. The number of hydrogen-bond acceptors (Lipinski definition) is 4. The summed E-state index contributed by atoms with van der Waals surface area (Å²) in [6, 6.07) is 12.7. The van der Waals surface area contributed by atoms with Crippen LogP contribution in [-0.2, 0) is 9.59 Å². The van der Waals surface area contributed by atoms with Gasteiger partial charge >= 0.3 is 5.97 Å². The summed E-state index contributed by atoms with van der Waals surface area (Å²) in [4.78, 5) is 36.4. The van der Waals surface area contributed by atoms with E-state index in [1.54, 1.807) is 42.7 Å². The van der Waals surface area contributed by atoms with Gasteiger partial charge in [-0.3, -0.25) is 9.59 Å². The average Bonchev–Trinajstić information content (AvgIpc) is 2.69. The Labute approximate surface area is 165 Å². The van der Waals surface area contributed by atoms with E-state index < -0.39 is 29.6 Å². The number of aliphatic carboxylic acids is 1. The highest BCUT2D eigenvalue weighted by molar-refractivity contribution is 7.98. The predicted octanol–water partition coefficient (Wildman–Crippen LogP) is 2.53. The molecule has 0 saturated heterocycles. The maximum absolute atomic E-state index is 14.0. The Morgan fingerprint density at radius 2 is 1.75 bits per heavy atom. The molecule has 2 aromatic carbocycles. The molecule has 0 aromatic heterocycles. The second-order valence-electron chi connectivity index (χ2n) is 5.72. The van der Waals surface area contributed by atoms with E-state index >= 15 is 0 Å². The molecule has 0 aliphatic carbocycles. The van der Waals surface area contributed by atoms with E-state index in [2.05, 4.69) is 10.6 Å². The zero-order chi connectivity index (χ0) is 20.5. The lowest BCUT2D eigenvalue weighted by Crippen LogP contribution is -2.45. The first-order valence-corrected chi connectivity index (χ1v) is 9.67. The lowest BCUT2D eigenvalue weighted by Gasteiger charge is -2.16. The van der Waals surface area contributed by atoms with Gasteiger partial charge in [0, 0.05) is 16.9 Å². The Balaban J connectivity index is 2.33. The highest BCUT2D eigenvalue weighted by atomic mass is 32.2. The zero-order valence-electron chi connectivity index (χ0n) is 15.0. The van der Waals surface area contributed by atoms with Gasteiger partial charge < -0.3 is 15.7 Å². The molecule has 2 amide bonds. The molecule has 2 rings (SSSR count). The van der Waals surface area contributed by atoms with Crippen LogP contribution in [0.2, 0.25) is 0 Å². The minimum Gasteiger partial charge on any atom is -0.480 e. The summed E-state index contributed by atoms with van der Waals surface area (Å²) in [5.74, 6) is -3.05. The van der Waals surface area contributed by atoms with Gasteiger partial charge in [0.25, 0.3) is 11.8 Å². The molecule has 0 saturated carbocycles. The molecule has 3 N–H and O–H groups in total. The van der Waals surface area contributed by atoms with Crippen LogP contribution < -0.4 is 10.6 Å². The van der Waals surface area contributed by atoms with Crippen molar-refractivity contribution in [1.29, 1.82) is 0 Å². The lowest BCUT2D eigenvalue weighted by molar-refractivity contribution is -0.140. The zero-order valence-corrected chi connectivity index (χ0v) is 15.8. The first kappa shape index (κ1) is 21.2. The van der Waals surface area contributed by atoms with Gasteiger partial charge in [0.05, 0.1) is 0 Å². The number of thioether (sulfide) groups is 1. The molecule has 0 heterocycles. The van der Waals surface area contributed by atoms with Gasteiger partial charge in [0.15, 0.2) is 0 Å². The van der Waals surface area contributed by atoms with Crippen LogP contribution in [0.4, 0.5) is 4.39 Å². The first-order valence-electron chi connectivity index (χ1n) is 8.27. The summed E-state index contributed by atoms with van der Waals surface area (Å²) in [5.41, 5.74) is 0.123. The Morgan fingerprint density at radius 1 is 1.11 bits per heavy atom. The quantitative estimate of drug-likeness (QED) is 0.590. The summed E-state index contributed by atoms with van der Waals surface area (Å²) in [6.07, 6.45) is 2.87. The van der Waals surface area contributed by atoms with Crippen LogP contribution in [0, 0.1) is 5.82 Å². The maximum Gasteiger partial charge on any atom is 0.327 e. The SMILES string of the molecule is CSCC(NC(=O)/C(=C/c1ccccc1F)NC(=O)c1ccccc1)C(=O)O. The van der Waals surface area contributed by atoms with Gasteiger partial charge in [-0.15, -0.1) is 0 Å². The number of amides is 2. The van der Waals surface area contributed by atoms with E-state index in [-0.39, 0.29) is 17.0 Å². The van der Waals surface area contributed by atoms with Crippen molar-refractivity contribution in [3.63, 3.8) is 0 Å². The third kappa shape index (κ3) is 5.95. The molecular weight excluding hydrogens is 383 g/mol. The van der Waals surface area contributed by atoms with Crippen molar-refractivity contribution in [2.75, 3.05) is 12.0 Å². The number of carbonyl (C=O) groups is 3. The van der Waals surface area contributed by atoms with E-state index in [0.29, 0.717) is 5.56 Å². The van der Waals surface area contributed by atoms with Gasteiger partial charge in [0.1, 0.15) is 17.6 Å². The standard InChI is InChI=1S/C20H19FN2O4S/c1-28-12-17(20(26)27)23-19(25)16(11-14-9-5-6-10-15(14)21)22-18(24)13-7-3-2-4-8-13/h2-11,17H,12H2,1H3,(H,22,24)(H,23,25)(H,26,27)/b16-11-. The number of nitrogens with one attached hydrogen (secondary N) is 2. The minimum atomic E-state index is -1.21. The molecule has 8 heteroatoms. The molecule has 146 valence electrons. The summed E-state index contributed by atoms with van der Waals surface area (Å²) >= 11 is 1.25. The summed E-state index contributed by atoms with van der Waals surface area (Å²) in [7, 11) is 0. The molecule has 28 heavy (non-hydrogen) atoms. The number of rotatable bonds is 8.